The fraction of sp³-hybridized carbons (Fsp3) is 0.733. The summed E-state index contributed by atoms with van der Waals surface area (Å²) in [7, 11) is 4.23. The van der Waals surface area contributed by atoms with Gasteiger partial charge in [-0.25, -0.2) is 9.97 Å². The first-order valence-corrected chi connectivity index (χ1v) is 8.43. The molecule has 0 spiro atoms. The standard InChI is InChI=1S/C15H22Cl2N4/c1-20-7-8-21(2)11(9-20)15-18-13(16)12(14(17)19-15)10-5-3-4-6-10/h10-11H,3-9H2,1-2H3. The summed E-state index contributed by atoms with van der Waals surface area (Å²) in [6.45, 7) is 2.98. The van der Waals surface area contributed by atoms with Crippen molar-refractivity contribution < 1.29 is 0 Å². The molecule has 1 aliphatic heterocycles. The van der Waals surface area contributed by atoms with E-state index in [1.165, 1.54) is 12.8 Å². The number of halogens is 2. The molecule has 3 rings (SSSR count). The van der Waals surface area contributed by atoms with Gasteiger partial charge in [-0.15, -0.1) is 0 Å². The first-order chi connectivity index (χ1) is 10.1. The van der Waals surface area contributed by atoms with Crippen molar-refractivity contribution in [3.63, 3.8) is 0 Å². The molecular weight excluding hydrogens is 307 g/mol. The van der Waals surface area contributed by atoms with Crippen LogP contribution in [0.5, 0.6) is 0 Å². The number of hydrogen-bond acceptors (Lipinski definition) is 4. The molecular formula is C15H22Cl2N4. The molecule has 2 fully saturated rings. The van der Waals surface area contributed by atoms with Crippen molar-refractivity contribution in [3.05, 3.63) is 21.7 Å². The average molecular weight is 329 g/mol. The molecule has 2 heterocycles. The zero-order valence-electron chi connectivity index (χ0n) is 12.6. The van der Waals surface area contributed by atoms with Crippen LogP contribution in [0.4, 0.5) is 0 Å². The molecule has 21 heavy (non-hydrogen) atoms. The van der Waals surface area contributed by atoms with Crippen LogP contribution in [0.2, 0.25) is 10.3 Å². The van der Waals surface area contributed by atoms with Gasteiger partial charge in [0.25, 0.3) is 0 Å². The summed E-state index contributed by atoms with van der Waals surface area (Å²) in [6.07, 6.45) is 4.78. The summed E-state index contributed by atoms with van der Waals surface area (Å²) in [5, 5.41) is 1.11. The van der Waals surface area contributed by atoms with Crippen LogP contribution in [0.15, 0.2) is 0 Å². The van der Waals surface area contributed by atoms with Crippen molar-refractivity contribution in [1.29, 1.82) is 0 Å². The van der Waals surface area contributed by atoms with E-state index < -0.39 is 0 Å². The zero-order chi connectivity index (χ0) is 15.0. The normalized spacial score (nSPS) is 25.6. The molecule has 4 nitrogen and oxygen atoms in total. The molecule has 6 heteroatoms. The Morgan fingerprint density at radius 2 is 1.62 bits per heavy atom. The highest BCUT2D eigenvalue weighted by atomic mass is 35.5. The zero-order valence-corrected chi connectivity index (χ0v) is 14.2. The van der Waals surface area contributed by atoms with Gasteiger partial charge >= 0.3 is 0 Å². The molecule has 0 amide bonds. The number of aromatic nitrogens is 2. The van der Waals surface area contributed by atoms with Crippen LogP contribution in [-0.4, -0.2) is 53.5 Å². The summed E-state index contributed by atoms with van der Waals surface area (Å²) >= 11 is 12.9. The van der Waals surface area contributed by atoms with Crippen molar-refractivity contribution in [2.45, 2.75) is 37.6 Å². The molecule has 0 radical (unpaired) electrons. The van der Waals surface area contributed by atoms with Crippen LogP contribution in [0.3, 0.4) is 0 Å². The fourth-order valence-corrected chi connectivity index (χ4v) is 4.13. The summed E-state index contributed by atoms with van der Waals surface area (Å²) in [5.41, 5.74) is 0.964. The first-order valence-electron chi connectivity index (χ1n) is 7.68. The molecule has 2 aliphatic rings. The van der Waals surface area contributed by atoms with Gasteiger partial charge in [-0.2, -0.15) is 0 Å². The van der Waals surface area contributed by atoms with Gasteiger partial charge in [-0.05, 0) is 32.9 Å². The van der Waals surface area contributed by atoms with Crippen LogP contribution < -0.4 is 0 Å². The largest absolute Gasteiger partial charge is 0.303 e. The number of likely N-dealkylation sites (N-methyl/N-ethyl adjacent to an activating group) is 2. The Hall–Kier alpha value is -0.420. The van der Waals surface area contributed by atoms with Crippen LogP contribution in [0, 0.1) is 0 Å². The van der Waals surface area contributed by atoms with Crippen molar-refractivity contribution in [3.8, 4) is 0 Å². The van der Waals surface area contributed by atoms with E-state index in [1.54, 1.807) is 0 Å². The van der Waals surface area contributed by atoms with Crippen molar-refractivity contribution in [2.75, 3.05) is 33.7 Å². The molecule has 0 bridgehead atoms. The van der Waals surface area contributed by atoms with E-state index in [1.807, 2.05) is 0 Å². The monoisotopic (exact) mass is 328 g/mol. The lowest BCUT2D eigenvalue weighted by atomic mass is 10.0. The summed E-state index contributed by atoms with van der Waals surface area (Å²) < 4.78 is 0. The molecule has 0 N–H and O–H groups in total. The smallest absolute Gasteiger partial charge is 0.150 e. The molecule has 1 saturated carbocycles. The van der Waals surface area contributed by atoms with Gasteiger partial charge < -0.3 is 4.90 Å². The summed E-state index contributed by atoms with van der Waals surface area (Å²) in [6, 6.07) is 0.163. The van der Waals surface area contributed by atoms with E-state index in [0.717, 1.165) is 43.9 Å². The highest BCUT2D eigenvalue weighted by molar-refractivity contribution is 6.34. The second-order valence-corrected chi connectivity index (χ2v) is 7.03. The third kappa shape index (κ3) is 3.19. The second-order valence-electron chi connectivity index (χ2n) is 6.32. The van der Waals surface area contributed by atoms with Crippen LogP contribution in [0.1, 0.15) is 49.0 Å². The molecule has 1 unspecified atom stereocenters. The van der Waals surface area contributed by atoms with E-state index in [0.29, 0.717) is 16.2 Å². The first kappa shape index (κ1) is 15.5. The minimum atomic E-state index is 0.163. The van der Waals surface area contributed by atoms with E-state index in [-0.39, 0.29) is 6.04 Å². The van der Waals surface area contributed by atoms with E-state index >= 15 is 0 Å². The Kier molecular flexibility index (Phi) is 4.69. The second kappa shape index (κ2) is 6.37. The molecule has 1 aromatic rings. The Bertz CT molecular complexity index is 493. The van der Waals surface area contributed by atoms with Gasteiger partial charge in [0.2, 0.25) is 0 Å². The molecule has 1 aromatic heterocycles. The Labute approximate surface area is 136 Å². The predicted octanol–water partition coefficient (Wildman–Crippen LogP) is 3.36. The molecule has 1 saturated heterocycles. The summed E-state index contributed by atoms with van der Waals surface area (Å²) in [5.74, 6) is 1.19. The molecule has 0 aromatic carbocycles. The van der Waals surface area contributed by atoms with E-state index in [2.05, 4.69) is 33.9 Å². The molecule has 116 valence electrons. The maximum Gasteiger partial charge on any atom is 0.150 e. The van der Waals surface area contributed by atoms with Crippen molar-refractivity contribution >= 4 is 23.2 Å². The Balaban J connectivity index is 1.90. The fourth-order valence-electron chi connectivity index (χ4n) is 3.42. The SMILES string of the molecule is CN1CCN(C)C(c2nc(Cl)c(C3CCCC3)c(Cl)n2)C1. The lowest BCUT2D eigenvalue weighted by molar-refractivity contribution is 0.109. The maximum atomic E-state index is 6.45. The van der Waals surface area contributed by atoms with Crippen molar-refractivity contribution in [2.24, 2.45) is 0 Å². The van der Waals surface area contributed by atoms with E-state index in [4.69, 9.17) is 23.2 Å². The van der Waals surface area contributed by atoms with Gasteiger partial charge in [-0.3, -0.25) is 4.90 Å². The average Bonchev–Trinajstić information content (AvgIpc) is 2.94. The summed E-state index contributed by atoms with van der Waals surface area (Å²) in [4.78, 5) is 13.7. The number of hydrogen-bond donors (Lipinski definition) is 0. The topological polar surface area (TPSA) is 32.3 Å². The van der Waals surface area contributed by atoms with Gasteiger partial charge in [0.1, 0.15) is 16.1 Å². The van der Waals surface area contributed by atoms with Gasteiger partial charge in [0, 0.05) is 25.2 Å². The van der Waals surface area contributed by atoms with Gasteiger partial charge in [-0.1, -0.05) is 36.0 Å². The minimum Gasteiger partial charge on any atom is -0.303 e. The third-order valence-corrected chi connectivity index (χ3v) is 5.36. The van der Waals surface area contributed by atoms with Crippen molar-refractivity contribution in [1.82, 2.24) is 19.8 Å². The quantitative estimate of drug-likeness (QED) is 0.779. The van der Waals surface area contributed by atoms with E-state index in [9.17, 15) is 0 Å². The predicted molar refractivity (Wildman–Crippen MR) is 86.1 cm³/mol. The minimum absolute atomic E-state index is 0.163. The lowest BCUT2D eigenvalue weighted by Gasteiger charge is -2.36. The Morgan fingerprint density at radius 3 is 2.24 bits per heavy atom. The Morgan fingerprint density at radius 1 is 1.00 bits per heavy atom. The number of rotatable bonds is 2. The third-order valence-electron chi connectivity index (χ3n) is 4.78. The highest BCUT2D eigenvalue weighted by Gasteiger charge is 2.29. The number of nitrogens with zero attached hydrogens (tertiary/aromatic N) is 4. The maximum absolute atomic E-state index is 6.45. The van der Waals surface area contributed by atoms with Gasteiger partial charge in [0.15, 0.2) is 0 Å². The van der Waals surface area contributed by atoms with Crippen LogP contribution in [-0.2, 0) is 0 Å². The number of piperazine rings is 1. The van der Waals surface area contributed by atoms with Crippen LogP contribution in [0.25, 0.3) is 0 Å². The molecule has 1 aliphatic carbocycles. The van der Waals surface area contributed by atoms with Crippen LogP contribution >= 0.6 is 23.2 Å². The molecule has 1 atom stereocenters. The lowest BCUT2D eigenvalue weighted by Crippen LogP contribution is -2.45. The highest BCUT2D eigenvalue weighted by Crippen LogP contribution is 2.40. The van der Waals surface area contributed by atoms with Gasteiger partial charge in [0.05, 0.1) is 6.04 Å².